The Kier molecular flexibility index (Phi) is 1.78. The van der Waals surface area contributed by atoms with Crippen LogP contribution in [0.3, 0.4) is 0 Å². The van der Waals surface area contributed by atoms with Crippen molar-refractivity contribution in [1.82, 2.24) is 0 Å². The number of hydrogen-bond acceptors (Lipinski definition) is 3. The Morgan fingerprint density at radius 2 is 1.70 bits per heavy atom. The first-order valence-corrected chi connectivity index (χ1v) is 2.95. The molecule has 0 atom stereocenters. The van der Waals surface area contributed by atoms with Gasteiger partial charge in [0.25, 0.3) is 0 Å². The third-order valence-corrected chi connectivity index (χ3v) is 1.33. The summed E-state index contributed by atoms with van der Waals surface area (Å²) < 4.78 is 0. The van der Waals surface area contributed by atoms with Gasteiger partial charge in [-0.25, -0.2) is 0 Å². The van der Waals surface area contributed by atoms with E-state index in [0.717, 1.165) is 0 Å². The molecule has 0 heterocycles. The molecule has 3 nitrogen and oxygen atoms in total. The summed E-state index contributed by atoms with van der Waals surface area (Å²) in [4.78, 5) is 0. The van der Waals surface area contributed by atoms with Crippen LogP contribution in [0.2, 0.25) is 0 Å². The monoisotopic (exact) mass is 139 g/mol. The summed E-state index contributed by atoms with van der Waals surface area (Å²) in [6.07, 6.45) is 0. The van der Waals surface area contributed by atoms with Gasteiger partial charge in [-0.2, -0.15) is 0 Å². The van der Waals surface area contributed by atoms with Gasteiger partial charge in [0.2, 0.25) is 0 Å². The highest BCUT2D eigenvalue weighted by molar-refractivity contribution is 5.42. The first kappa shape index (κ1) is 6.89. The first-order chi connectivity index (χ1) is 4.75. The third-order valence-electron chi connectivity index (χ3n) is 1.33. The van der Waals surface area contributed by atoms with E-state index in [9.17, 15) is 0 Å². The second kappa shape index (κ2) is 2.58. The largest absolute Gasteiger partial charge is 0.507 e. The molecule has 0 bridgehead atoms. The highest BCUT2D eigenvalue weighted by atomic mass is 16.3. The number of phenols is 2. The van der Waals surface area contributed by atoms with Crippen molar-refractivity contribution < 1.29 is 10.2 Å². The van der Waals surface area contributed by atoms with Crippen molar-refractivity contribution in [3.8, 4) is 11.5 Å². The third kappa shape index (κ3) is 1.04. The summed E-state index contributed by atoms with van der Waals surface area (Å²) in [6.45, 7) is 0.151. The molecule has 0 radical (unpaired) electrons. The standard InChI is InChI=1S/C7H9NO2/c8-4-5-6(9)2-1-3-7(5)10/h1-3,9-10H,4,8H2. The van der Waals surface area contributed by atoms with Crippen molar-refractivity contribution in [2.24, 2.45) is 5.73 Å². The minimum Gasteiger partial charge on any atom is -0.507 e. The van der Waals surface area contributed by atoms with Crippen LogP contribution in [0.1, 0.15) is 5.56 Å². The molecular weight excluding hydrogens is 130 g/mol. The average Bonchev–Trinajstić information content (AvgIpc) is 1.88. The lowest BCUT2D eigenvalue weighted by Gasteiger charge is -2.01. The zero-order chi connectivity index (χ0) is 7.56. The normalized spacial score (nSPS) is 9.70. The molecule has 1 rings (SSSR count). The highest BCUT2D eigenvalue weighted by Gasteiger charge is 2.02. The Morgan fingerprint density at radius 1 is 1.20 bits per heavy atom. The summed E-state index contributed by atoms with van der Waals surface area (Å²) >= 11 is 0. The average molecular weight is 139 g/mol. The van der Waals surface area contributed by atoms with Crippen LogP contribution < -0.4 is 5.73 Å². The van der Waals surface area contributed by atoms with E-state index in [4.69, 9.17) is 15.9 Å². The van der Waals surface area contributed by atoms with E-state index < -0.39 is 0 Å². The van der Waals surface area contributed by atoms with E-state index in [2.05, 4.69) is 0 Å². The molecule has 0 unspecified atom stereocenters. The fourth-order valence-electron chi connectivity index (χ4n) is 0.772. The molecule has 10 heavy (non-hydrogen) atoms. The number of benzene rings is 1. The molecular formula is C7H9NO2. The highest BCUT2D eigenvalue weighted by Crippen LogP contribution is 2.24. The van der Waals surface area contributed by atoms with E-state index in [1.54, 1.807) is 6.07 Å². The molecule has 0 fully saturated rings. The van der Waals surface area contributed by atoms with Crippen molar-refractivity contribution >= 4 is 0 Å². The van der Waals surface area contributed by atoms with Gasteiger partial charge in [0.05, 0.1) is 0 Å². The Hall–Kier alpha value is -1.22. The minimum atomic E-state index is 0.0440. The lowest BCUT2D eigenvalue weighted by Crippen LogP contribution is -1.96. The van der Waals surface area contributed by atoms with Gasteiger partial charge in [-0.3, -0.25) is 0 Å². The number of hydrogen-bond donors (Lipinski definition) is 3. The maximum absolute atomic E-state index is 9.05. The zero-order valence-electron chi connectivity index (χ0n) is 5.41. The number of rotatable bonds is 1. The van der Waals surface area contributed by atoms with E-state index in [-0.39, 0.29) is 18.0 Å². The Balaban J connectivity index is 3.17. The molecule has 0 aromatic heterocycles. The summed E-state index contributed by atoms with van der Waals surface area (Å²) in [5, 5.41) is 18.1. The second-order valence-corrected chi connectivity index (χ2v) is 1.98. The first-order valence-electron chi connectivity index (χ1n) is 2.95. The Labute approximate surface area is 58.7 Å². The van der Waals surface area contributed by atoms with Crippen LogP contribution in [0.15, 0.2) is 18.2 Å². The zero-order valence-corrected chi connectivity index (χ0v) is 5.41. The Morgan fingerprint density at radius 3 is 2.00 bits per heavy atom. The summed E-state index contributed by atoms with van der Waals surface area (Å²) in [5.74, 6) is 0.0880. The van der Waals surface area contributed by atoms with Gasteiger partial charge in [0, 0.05) is 12.1 Å². The van der Waals surface area contributed by atoms with Crippen molar-refractivity contribution in [3.05, 3.63) is 23.8 Å². The molecule has 0 amide bonds. The van der Waals surface area contributed by atoms with Gasteiger partial charge in [-0.15, -0.1) is 0 Å². The van der Waals surface area contributed by atoms with Crippen LogP contribution in [-0.4, -0.2) is 10.2 Å². The fraction of sp³-hybridized carbons (Fsp3) is 0.143. The molecule has 54 valence electrons. The fourth-order valence-corrected chi connectivity index (χ4v) is 0.772. The maximum atomic E-state index is 9.05. The molecule has 0 saturated heterocycles. The summed E-state index contributed by atoms with van der Waals surface area (Å²) in [6, 6.07) is 4.54. The van der Waals surface area contributed by atoms with E-state index in [0.29, 0.717) is 5.56 Å². The van der Waals surface area contributed by atoms with Gasteiger partial charge >= 0.3 is 0 Å². The molecule has 4 N–H and O–H groups in total. The van der Waals surface area contributed by atoms with Crippen LogP contribution in [0.25, 0.3) is 0 Å². The molecule has 0 aliphatic rings. The van der Waals surface area contributed by atoms with Gasteiger partial charge in [0.15, 0.2) is 0 Å². The molecule has 0 saturated carbocycles. The smallest absolute Gasteiger partial charge is 0.123 e. The van der Waals surface area contributed by atoms with Crippen LogP contribution in [-0.2, 0) is 6.54 Å². The van der Waals surface area contributed by atoms with Gasteiger partial charge < -0.3 is 15.9 Å². The SMILES string of the molecule is NCc1c(O)cccc1O. The van der Waals surface area contributed by atoms with E-state index in [1.807, 2.05) is 0 Å². The van der Waals surface area contributed by atoms with E-state index in [1.165, 1.54) is 12.1 Å². The quantitative estimate of drug-likeness (QED) is 0.532. The van der Waals surface area contributed by atoms with Crippen molar-refractivity contribution in [2.45, 2.75) is 6.54 Å². The van der Waals surface area contributed by atoms with Gasteiger partial charge in [-0.05, 0) is 12.1 Å². The maximum Gasteiger partial charge on any atom is 0.123 e. The number of aromatic hydroxyl groups is 2. The number of nitrogens with two attached hydrogens (primary N) is 1. The predicted molar refractivity (Wildman–Crippen MR) is 37.7 cm³/mol. The second-order valence-electron chi connectivity index (χ2n) is 1.98. The van der Waals surface area contributed by atoms with Gasteiger partial charge in [-0.1, -0.05) is 6.07 Å². The van der Waals surface area contributed by atoms with Gasteiger partial charge in [0.1, 0.15) is 11.5 Å². The molecule has 0 aliphatic heterocycles. The topological polar surface area (TPSA) is 66.5 Å². The molecule has 1 aromatic carbocycles. The van der Waals surface area contributed by atoms with Crippen LogP contribution in [0.4, 0.5) is 0 Å². The lowest BCUT2D eigenvalue weighted by molar-refractivity contribution is 0.439. The molecule has 0 aliphatic carbocycles. The molecule has 1 aromatic rings. The lowest BCUT2D eigenvalue weighted by atomic mass is 10.2. The van der Waals surface area contributed by atoms with Crippen molar-refractivity contribution in [2.75, 3.05) is 0 Å². The predicted octanol–water partition coefficient (Wildman–Crippen LogP) is 0.556. The summed E-state index contributed by atoms with van der Waals surface area (Å²) in [7, 11) is 0. The Bertz CT molecular complexity index is 215. The molecule has 3 heteroatoms. The van der Waals surface area contributed by atoms with E-state index >= 15 is 0 Å². The van der Waals surface area contributed by atoms with Crippen molar-refractivity contribution in [1.29, 1.82) is 0 Å². The van der Waals surface area contributed by atoms with Crippen LogP contribution >= 0.6 is 0 Å². The number of phenolic OH excluding ortho intramolecular Hbond substituents is 2. The summed E-state index contributed by atoms with van der Waals surface area (Å²) in [5.41, 5.74) is 5.62. The minimum absolute atomic E-state index is 0.0440. The van der Waals surface area contributed by atoms with Crippen molar-refractivity contribution in [3.63, 3.8) is 0 Å². The van der Waals surface area contributed by atoms with Crippen LogP contribution in [0, 0.1) is 0 Å². The van der Waals surface area contributed by atoms with Crippen LogP contribution in [0.5, 0.6) is 11.5 Å². The molecule has 0 spiro atoms.